The summed E-state index contributed by atoms with van der Waals surface area (Å²) in [5.74, 6) is 0.377. The molecule has 3 rings (SSSR count). The fraction of sp³-hybridized carbons (Fsp3) is 0.600. The van der Waals surface area contributed by atoms with Crippen LogP contribution in [-0.4, -0.2) is 23.0 Å². The maximum absolute atomic E-state index is 13.0. The van der Waals surface area contributed by atoms with Crippen LogP contribution in [0.1, 0.15) is 84.3 Å². The second-order valence-electron chi connectivity index (χ2n) is 10.3. The molecule has 1 heterocycles. The van der Waals surface area contributed by atoms with Gasteiger partial charge in [0.1, 0.15) is 5.60 Å². The molecule has 1 aromatic carbocycles. The number of carbonyl (C=O) groups is 2. The van der Waals surface area contributed by atoms with E-state index in [-0.39, 0.29) is 17.2 Å². The molecule has 2 aliphatic rings. The van der Waals surface area contributed by atoms with Gasteiger partial charge in [0, 0.05) is 34.5 Å². The first-order chi connectivity index (χ1) is 14.0. The fourth-order valence-electron chi connectivity index (χ4n) is 4.39. The Bertz CT molecular complexity index is 825. The zero-order chi connectivity index (χ0) is 21.9. The maximum Gasteiger partial charge on any atom is 0.412 e. The Kier molecular flexibility index (Phi) is 6.59. The van der Waals surface area contributed by atoms with Gasteiger partial charge in [-0.05, 0) is 71.6 Å². The van der Waals surface area contributed by atoms with E-state index in [9.17, 15) is 9.59 Å². The minimum Gasteiger partial charge on any atom is -0.444 e. The number of hydrogen-bond acceptors (Lipinski definition) is 4. The van der Waals surface area contributed by atoms with E-state index in [0.717, 1.165) is 48.9 Å². The van der Waals surface area contributed by atoms with Gasteiger partial charge in [-0.25, -0.2) is 4.79 Å². The predicted octanol–water partition coefficient (Wildman–Crippen LogP) is 5.84. The van der Waals surface area contributed by atoms with Gasteiger partial charge in [0.05, 0.1) is 0 Å². The van der Waals surface area contributed by atoms with Crippen molar-refractivity contribution in [3.05, 3.63) is 35.4 Å². The molecule has 0 spiro atoms. The van der Waals surface area contributed by atoms with Gasteiger partial charge in [-0.2, -0.15) is 0 Å². The Labute approximate surface area is 180 Å². The van der Waals surface area contributed by atoms with Crippen LogP contribution in [0.3, 0.4) is 0 Å². The molecule has 0 aromatic heterocycles. The van der Waals surface area contributed by atoms with Gasteiger partial charge in [-0.3, -0.25) is 10.1 Å². The summed E-state index contributed by atoms with van der Waals surface area (Å²) in [4.78, 5) is 25.1. The minimum absolute atomic E-state index is 0.142. The lowest BCUT2D eigenvalue weighted by molar-refractivity contribution is -0.118. The molecule has 1 saturated carbocycles. The number of nitrogens with one attached hydrogen (secondary N) is 2. The molecule has 0 atom stereocenters. The van der Waals surface area contributed by atoms with Gasteiger partial charge in [0.25, 0.3) is 0 Å². The van der Waals surface area contributed by atoms with Gasteiger partial charge >= 0.3 is 6.09 Å². The molecule has 30 heavy (non-hydrogen) atoms. The van der Waals surface area contributed by atoms with Crippen molar-refractivity contribution < 1.29 is 14.3 Å². The van der Waals surface area contributed by atoms with Crippen LogP contribution in [0.15, 0.2) is 24.3 Å². The molecular weight excluding hydrogens is 376 g/mol. The molecular formula is C25H36N2O3. The molecule has 1 aliphatic heterocycles. The summed E-state index contributed by atoms with van der Waals surface area (Å²) >= 11 is 0. The van der Waals surface area contributed by atoms with Crippen molar-refractivity contribution in [1.29, 1.82) is 0 Å². The van der Waals surface area contributed by atoms with Crippen LogP contribution >= 0.6 is 0 Å². The van der Waals surface area contributed by atoms with Crippen LogP contribution in [0.4, 0.5) is 10.5 Å². The van der Waals surface area contributed by atoms with E-state index < -0.39 is 11.7 Å². The van der Waals surface area contributed by atoms with Crippen LogP contribution < -0.4 is 10.6 Å². The van der Waals surface area contributed by atoms with Crippen LogP contribution in [0.5, 0.6) is 0 Å². The highest BCUT2D eigenvalue weighted by Gasteiger charge is 2.29. The fourth-order valence-corrected chi connectivity index (χ4v) is 4.39. The smallest absolute Gasteiger partial charge is 0.412 e. The highest BCUT2D eigenvalue weighted by Crippen LogP contribution is 2.33. The van der Waals surface area contributed by atoms with Crippen molar-refractivity contribution in [3.63, 3.8) is 0 Å². The monoisotopic (exact) mass is 412 g/mol. The Morgan fingerprint density at radius 2 is 1.80 bits per heavy atom. The third-order valence-corrected chi connectivity index (χ3v) is 5.69. The number of rotatable bonds is 3. The predicted molar refractivity (Wildman–Crippen MR) is 121 cm³/mol. The second-order valence-corrected chi connectivity index (χ2v) is 10.3. The topological polar surface area (TPSA) is 67.4 Å². The number of ether oxygens (including phenoxy) is 1. The van der Waals surface area contributed by atoms with Crippen molar-refractivity contribution in [2.75, 3.05) is 5.32 Å². The van der Waals surface area contributed by atoms with Gasteiger partial charge in [-0.1, -0.05) is 31.7 Å². The third-order valence-electron chi connectivity index (χ3n) is 5.69. The van der Waals surface area contributed by atoms with Crippen molar-refractivity contribution >= 4 is 23.3 Å². The second kappa shape index (κ2) is 8.83. The van der Waals surface area contributed by atoms with Crippen LogP contribution in [0.25, 0.3) is 5.70 Å². The standard InChI is InChI=1S/C25H36N2O3/c1-24(2,3)30-23(29)26-19-12-13-20-18(14-19)16-25(4,5)27-21(20)15-22(28)17-10-8-6-7-9-11-17/h12-15,17,27H,6-11,16H2,1-5H3,(H,26,29). The Hall–Kier alpha value is -2.30. The van der Waals surface area contributed by atoms with Gasteiger partial charge in [0.15, 0.2) is 5.78 Å². The van der Waals surface area contributed by atoms with Crippen LogP contribution in [0, 0.1) is 5.92 Å². The maximum atomic E-state index is 13.0. The van der Waals surface area contributed by atoms with E-state index in [2.05, 4.69) is 24.5 Å². The van der Waals surface area contributed by atoms with Crippen molar-refractivity contribution in [1.82, 2.24) is 5.32 Å². The van der Waals surface area contributed by atoms with Crippen molar-refractivity contribution in [2.24, 2.45) is 5.92 Å². The van der Waals surface area contributed by atoms with E-state index in [4.69, 9.17) is 4.74 Å². The summed E-state index contributed by atoms with van der Waals surface area (Å²) in [5.41, 5.74) is 3.03. The van der Waals surface area contributed by atoms with Gasteiger partial charge in [0.2, 0.25) is 0 Å². The molecule has 164 valence electrons. The lowest BCUT2D eigenvalue weighted by Gasteiger charge is -2.36. The first-order valence-electron chi connectivity index (χ1n) is 11.2. The summed E-state index contributed by atoms with van der Waals surface area (Å²) in [6.45, 7) is 9.80. The highest BCUT2D eigenvalue weighted by molar-refractivity contribution is 5.99. The molecule has 0 unspecified atom stereocenters. The first-order valence-corrected chi connectivity index (χ1v) is 11.2. The third kappa shape index (κ3) is 6.10. The molecule has 1 fully saturated rings. The molecule has 1 amide bonds. The number of carbonyl (C=O) groups excluding carboxylic acids is 2. The number of benzene rings is 1. The Morgan fingerprint density at radius 3 is 2.43 bits per heavy atom. The van der Waals surface area contributed by atoms with E-state index in [0.29, 0.717) is 5.69 Å². The largest absolute Gasteiger partial charge is 0.444 e. The number of anilines is 1. The zero-order valence-corrected chi connectivity index (χ0v) is 19.1. The zero-order valence-electron chi connectivity index (χ0n) is 19.1. The minimum atomic E-state index is -0.543. The molecule has 5 nitrogen and oxygen atoms in total. The molecule has 2 N–H and O–H groups in total. The van der Waals surface area contributed by atoms with Gasteiger partial charge < -0.3 is 10.1 Å². The molecule has 0 radical (unpaired) electrons. The molecule has 5 heteroatoms. The lowest BCUT2D eigenvalue weighted by Crippen LogP contribution is -2.44. The number of fused-ring (bicyclic) bond motifs is 1. The van der Waals surface area contributed by atoms with E-state index in [1.165, 1.54) is 12.8 Å². The summed E-state index contributed by atoms with van der Waals surface area (Å²) in [7, 11) is 0. The molecule has 0 bridgehead atoms. The summed E-state index contributed by atoms with van der Waals surface area (Å²) < 4.78 is 5.36. The van der Waals surface area contributed by atoms with E-state index >= 15 is 0 Å². The van der Waals surface area contributed by atoms with Crippen molar-refractivity contribution in [3.8, 4) is 0 Å². The SMILES string of the molecule is CC1(C)Cc2cc(NC(=O)OC(C)(C)C)ccc2C(=CC(=O)C2CCCCCC2)N1. The highest BCUT2D eigenvalue weighted by atomic mass is 16.6. The summed E-state index contributed by atoms with van der Waals surface area (Å²) in [6.07, 6.45) is 8.93. The van der Waals surface area contributed by atoms with Gasteiger partial charge in [-0.15, -0.1) is 0 Å². The van der Waals surface area contributed by atoms with Crippen LogP contribution in [0.2, 0.25) is 0 Å². The molecule has 0 saturated heterocycles. The molecule has 1 aliphatic carbocycles. The van der Waals surface area contributed by atoms with E-state index in [1.54, 1.807) is 0 Å². The normalized spacial score (nSPS) is 20.6. The average molecular weight is 413 g/mol. The van der Waals surface area contributed by atoms with Crippen molar-refractivity contribution in [2.45, 2.75) is 90.7 Å². The Balaban J connectivity index is 1.83. The number of hydrogen-bond donors (Lipinski definition) is 2. The summed E-state index contributed by atoms with van der Waals surface area (Å²) in [6, 6.07) is 5.84. The number of ketones is 1. The summed E-state index contributed by atoms with van der Waals surface area (Å²) in [5, 5.41) is 6.38. The lowest BCUT2D eigenvalue weighted by atomic mass is 9.84. The molecule has 1 aromatic rings. The first kappa shape index (κ1) is 22.4. The Morgan fingerprint density at radius 1 is 1.13 bits per heavy atom. The number of amides is 1. The quantitative estimate of drug-likeness (QED) is 0.483. The van der Waals surface area contributed by atoms with E-state index in [1.807, 2.05) is 45.0 Å². The van der Waals surface area contributed by atoms with Crippen LogP contribution in [-0.2, 0) is 16.0 Å². The number of allylic oxidation sites excluding steroid dienone is 1. The average Bonchev–Trinajstić information content (AvgIpc) is 2.88.